The Kier molecular flexibility index (Phi) is 5.65. The van der Waals surface area contributed by atoms with Crippen molar-refractivity contribution in [3.63, 3.8) is 0 Å². The van der Waals surface area contributed by atoms with Crippen LogP contribution in [0.2, 0.25) is 0 Å². The number of benzene rings is 3. The molecule has 5 heteroatoms. The molecular formula is C30H28N2O2S. The number of hydrogen-bond donors (Lipinski definition) is 0. The van der Waals surface area contributed by atoms with Crippen molar-refractivity contribution in [2.45, 2.75) is 38.3 Å². The molecule has 0 spiro atoms. The summed E-state index contributed by atoms with van der Waals surface area (Å²) in [5.41, 5.74) is 4.22. The zero-order valence-electron chi connectivity index (χ0n) is 19.8. The van der Waals surface area contributed by atoms with Gasteiger partial charge in [0, 0.05) is 23.0 Å². The molecule has 4 nitrogen and oxygen atoms in total. The Morgan fingerprint density at radius 3 is 2.51 bits per heavy atom. The summed E-state index contributed by atoms with van der Waals surface area (Å²) < 4.78 is 0. The molecule has 0 unspecified atom stereocenters. The van der Waals surface area contributed by atoms with Crippen LogP contribution in [0.4, 0.5) is 0 Å². The van der Waals surface area contributed by atoms with Crippen molar-refractivity contribution in [1.82, 2.24) is 9.80 Å². The highest BCUT2D eigenvalue weighted by Crippen LogP contribution is 2.39. The van der Waals surface area contributed by atoms with E-state index in [2.05, 4.69) is 30.5 Å². The second kappa shape index (κ2) is 8.97. The van der Waals surface area contributed by atoms with Crippen LogP contribution >= 0.6 is 11.3 Å². The fraction of sp³-hybridized carbons (Fsp3) is 0.267. The van der Waals surface area contributed by atoms with Gasteiger partial charge < -0.3 is 9.80 Å². The van der Waals surface area contributed by atoms with E-state index in [1.165, 1.54) is 21.6 Å². The topological polar surface area (TPSA) is 40.6 Å². The van der Waals surface area contributed by atoms with E-state index >= 15 is 0 Å². The summed E-state index contributed by atoms with van der Waals surface area (Å²) in [6.45, 7) is 2.91. The number of hydrogen-bond acceptors (Lipinski definition) is 3. The number of fused-ring (bicyclic) bond motifs is 2. The summed E-state index contributed by atoms with van der Waals surface area (Å²) in [5.74, 6) is -0.0246. The minimum atomic E-state index is -0.101. The maximum absolute atomic E-state index is 13.9. The quantitative estimate of drug-likeness (QED) is 0.352. The predicted molar refractivity (Wildman–Crippen MR) is 141 cm³/mol. The van der Waals surface area contributed by atoms with Gasteiger partial charge in [0.15, 0.2) is 0 Å². The largest absolute Gasteiger partial charge is 0.330 e. The Morgan fingerprint density at radius 2 is 1.71 bits per heavy atom. The Morgan fingerprint density at radius 1 is 0.943 bits per heavy atom. The molecule has 0 bridgehead atoms. The van der Waals surface area contributed by atoms with Gasteiger partial charge in [0.2, 0.25) is 5.91 Å². The van der Waals surface area contributed by atoms with Crippen molar-refractivity contribution >= 4 is 33.9 Å². The van der Waals surface area contributed by atoms with Crippen molar-refractivity contribution in [2.75, 3.05) is 13.1 Å². The molecule has 2 heterocycles. The SMILES string of the molecule is Cc1ccccc1[C@H]1c2ccsc2CCN1C(=O)CN(C(=O)c1ccc2ccccc2c1)C1CC1. The highest BCUT2D eigenvalue weighted by Gasteiger charge is 2.38. The smallest absolute Gasteiger partial charge is 0.254 e. The summed E-state index contributed by atoms with van der Waals surface area (Å²) in [7, 11) is 0. The third-order valence-corrected chi connectivity index (χ3v) is 8.32. The molecule has 1 fully saturated rings. The van der Waals surface area contributed by atoms with Gasteiger partial charge in [0.05, 0.1) is 6.04 Å². The molecule has 4 aromatic rings. The molecule has 0 N–H and O–H groups in total. The van der Waals surface area contributed by atoms with Gasteiger partial charge in [-0.3, -0.25) is 9.59 Å². The number of carbonyl (C=O) groups excluding carboxylic acids is 2. The Bertz CT molecular complexity index is 1420. The molecular weight excluding hydrogens is 452 g/mol. The van der Waals surface area contributed by atoms with Gasteiger partial charge in [-0.05, 0) is 77.2 Å². The lowest BCUT2D eigenvalue weighted by atomic mass is 9.90. The maximum Gasteiger partial charge on any atom is 0.254 e. The first-order valence-corrected chi connectivity index (χ1v) is 13.2. The molecule has 35 heavy (non-hydrogen) atoms. The van der Waals surface area contributed by atoms with E-state index in [0.29, 0.717) is 12.1 Å². The molecule has 1 aliphatic carbocycles. The Balaban J connectivity index is 1.30. The van der Waals surface area contributed by atoms with E-state index in [9.17, 15) is 9.59 Å². The van der Waals surface area contributed by atoms with Gasteiger partial charge in [-0.1, -0.05) is 54.6 Å². The minimum absolute atomic E-state index is 0.0242. The maximum atomic E-state index is 13.9. The second-order valence-electron chi connectivity index (χ2n) is 9.62. The normalized spacial score (nSPS) is 17.3. The molecule has 176 valence electrons. The lowest BCUT2D eigenvalue weighted by Gasteiger charge is -2.38. The molecule has 1 aromatic heterocycles. The fourth-order valence-corrected chi connectivity index (χ4v) is 6.20. The van der Waals surface area contributed by atoms with Crippen LogP contribution in [-0.2, 0) is 11.2 Å². The molecule has 1 atom stereocenters. The molecule has 3 aromatic carbocycles. The molecule has 2 amide bonds. The zero-order valence-corrected chi connectivity index (χ0v) is 20.6. The van der Waals surface area contributed by atoms with Gasteiger partial charge in [-0.25, -0.2) is 0 Å². The monoisotopic (exact) mass is 480 g/mol. The van der Waals surface area contributed by atoms with Gasteiger partial charge in [-0.2, -0.15) is 0 Å². The van der Waals surface area contributed by atoms with Gasteiger partial charge in [-0.15, -0.1) is 11.3 Å². The third-order valence-electron chi connectivity index (χ3n) is 7.32. The van der Waals surface area contributed by atoms with Crippen molar-refractivity contribution in [2.24, 2.45) is 0 Å². The average molecular weight is 481 g/mol. The second-order valence-corrected chi connectivity index (χ2v) is 10.6. The summed E-state index contributed by atoms with van der Waals surface area (Å²) in [5, 5.41) is 4.28. The van der Waals surface area contributed by atoms with E-state index in [0.717, 1.165) is 30.0 Å². The molecule has 6 rings (SSSR count). The average Bonchev–Trinajstić information content (AvgIpc) is 3.62. The van der Waals surface area contributed by atoms with E-state index < -0.39 is 0 Å². The standard InChI is InChI=1S/C30H28N2O2S/c1-20-6-2-5-9-25(20)29-26-15-17-35-27(26)14-16-31(29)28(33)19-32(24-12-13-24)30(34)23-11-10-21-7-3-4-8-22(21)18-23/h2-11,15,17-18,24,29H,12-14,16,19H2,1H3/t29-/m0/s1. The first-order chi connectivity index (χ1) is 17.1. The van der Waals surface area contributed by atoms with E-state index in [1.54, 1.807) is 11.3 Å². The lowest BCUT2D eigenvalue weighted by molar-refractivity contribution is -0.134. The Labute approximate surface area is 209 Å². The molecule has 0 saturated heterocycles. The summed E-state index contributed by atoms with van der Waals surface area (Å²) in [6.07, 6.45) is 2.79. The van der Waals surface area contributed by atoms with Crippen LogP contribution in [0.15, 0.2) is 78.2 Å². The summed E-state index contributed by atoms with van der Waals surface area (Å²) in [6, 6.07) is 24.4. The highest BCUT2D eigenvalue weighted by atomic mass is 32.1. The highest BCUT2D eigenvalue weighted by molar-refractivity contribution is 7.10. The minimum Gasteiger partial charge on any atom is -0.330 e. The molecule has 1 aliphatic heterocycles. The number of amides is 2. The predicted octanol–water partition coefficient (Wildman–Crippen LogP) is 5.99. The van der Waals surface area contributed by atoms with Gasteiger partial charge >= 0.3 is 0 Å². The van der Waals surface area contributed by atoms with Crippen molar-refractivity contribution in [1.29, 1.82) is 0 Å². The van der Waals surface area contributed by atoms with Crippen LogP contribution in [0, 0.1) is 6.92 Å². The Hall–Kier alpha value is -3.44. The number of rotatable bonds is 5. The molecule has 0 radical (unpaired) electrons. The number of carbonyl (C=O) groups is 2. The summed E-state index contributed by atoms with van der Waals surface area (Å²) >= 11 is 1.77. The van der Waals surface area contributed by atoms with E-state index in [-0.39, 0.29) is 30.4 Å². The number of aryl methyl sites for hydroxylation is 1. The third kappa shape index (κ3) is 4.14. The number of nitrogens with zero attached hydrogens (tertiary/aromatic N) is 2. The van der Waals surface area contributed by atoms with Crippen LogP contribution in [-0.4, -0.2) is 40.7 Å². The molecule has 2 aliphatic rings. The lowest BCUT2D eigenvalue weighted by Crippen LogP contribution is -2.47. The van der Waals surface area contributed by atoms with Crippen molar-refractivity contribution in [3.05, 3.63) is 105 Å². The molecule has 1 saturated carbocycles. The first-order valence-electron chi connectivity index (χ1n) is 12.3. The van der Waals surface area contributed by atoms with Crippen molar-refractivity contribution < 1.29 is 9.59 Å². The first kappa shape index (κ1) is 22.1. The van der Waals surface area contributed by atoms with E-state index in [1.807, 2.05) is 64.4 Å². The van der Waals surface area contributed by atoms with Crippen LogP contribution in [0.25, 0.3) is 10.8 Å². The van der Waals surface area contributed by atoms with Crippen molar-refractivity contribution in [3.8, 4) is 0 Å². The van der Waals surface area contributed by atoms with E-state index in [4.69, 9.17) is 0 Å². The van der Waals surface area contributed by atoms with Crippen LogP contribution < -0.4 is 0 Å². The summed E-state index contributed by atoms with van der Waals surface area (Å²) in [4.78, 5) is 32.6. The van der Waals surface area contributed by atoms with Crippen LogP contribution in [0.5, 0.6) is 0 Å². The zero-order chi connectivity index (χ0) is 23.9. The van der Waals surface area contributed by atoms with Crippen LogP contribution in [0.3, 0.4) is 0 Å². The fourth-order valence-electron chi connectivity index (χ4n) is 5.29. The van der Waals surface area contributed by atoms with Gasteiger partial charge in [0.1, 0.15) is 6.54 Å². The number of thiophene rings is 1. The van der Waals surface area contributed by atoms with Gasteiger partial charge in [0.25, 0.3) is 5.91 Å². The van der Waals surface area contributed by atoms with Crippen LogP contribution in [0.1, 0.15) is 50.8 Å².